The molecule has 8 unspecified atom stereocenters. The summed E-state index contributed by atoms with van der Waals surface area (Å²) in [5.74, 6) is -0.563. The first-order chi connectivity index (χ1) is 39.4. The zero-order valence-electron chi connectivity index (χ0n) is 45.3. The number of aromatic nitrogens is 12. The number of nitrogens with zero attached hydrogens (tertiary/aromatic N) is 12. The van der Waals surface area contributed by atoms with E-state index in [9.17, 15) is 30.0 Å². The van der Waals surface area contributed by atoms with E-state index in [1.807, 2.05) is 97.1 Å². The maximum absolute atomic E-state index is 11.9. The SMILES string of the molecule is Cc1cn(C2OC(CO)C3OC(C)(C)OC32)c(=O)nc1[O-].Cc1cn(C2OC(CO)C3OC(C)(C)OC32)c(=O)nc1[O-].[Si+4].c1ccc2c(c1)-c1nc-2nc2[n-]c(nc3nc(nc4[n-]c(n1)c1ccccc41)-c1ccccc1-3)c1ccccc21. The van der Waals surface area contributed by atoms with Crippen molar-refractivity contribution in [1.29, 1.82) is 0 Å². The molecular weight excluding hydrogens is 1080 g/mol. The first kappa shape index (κ1) is 55.1. The van der Waals surface area contributed by atoms with Crippen LogP contribution in [0.3, 0.4) is 0 Å². The third-order valence-corrected chi connectivity index (χ3v) is 14.7. The van der Waals surface area contributed by atoms with Crippen LogP contribution in [0.25, 0.3) is 89.7 Å². The Labute approximate surface area is 475 Å². The van der Waals surface area contributed by atoms with Crippen LogP contribution < -0.4 is 31.6 Å². The van der Waals surface area contributed by atoms with E-state index in [0.717, 1.165) is 43.8 Å². The molecule has 6 aliphatic rings. The van der Waals surface area contributed by atoms with Gasteiger partial charge in [0.2, 0.25) is 0 Å². The number of rotatable bonds is 4. The Kier molecular flexibility index (Phi) is 14.0. The molecule has 25 heteroatoms. The van der Waals surface area contributed by atoms with Crippen LogP contribution in [-0.2, 0) is 28.4 Å². The fourth-order valence-corrected chi connectivity index (χ4v) is 11.0. The van der Waals surface area contributed by atoms with Crippen molar-refractivity contribution in [2.24, 2.45) is 0 Å². The van der Waals surface area contributed by atoms with Crippen molar-refractivity contribution < 1.29 is 48.8 Å². The second-order valence-electron chi connectivity index (χ2n) is 21.1. The van der Waals surface area contributed by atoms with Gasteiger partial charge in [0.15, 0.2) is 24.0 Å². The Morgan fingerprint density at radius 3 is 1.06 bits per heavy atom. The molecule has 0 spiro atoms. The summed E-state index contributed by atoms with van der Waals surface area (Å²) < 4.78 is 36.7. The molecule has 4 fully saturated rings. The fraction of sp³-hybridized carbons (Fsp3) is 0.310. The van der Waals surface area contributed by atoms with E-state index in [4.69, 9.17) is 68.3 Å². The van der Waals surface area contributed by atoms with Gasteiger partial charge >= 0.3 is 22.3 Å². The normalized spacial score (nSPS) is 23.0. The van der Waals surface area contributed by atoms with Crippen molar-refractivity contribution in [3.8, 4) is 57.3 Å². The standard InChI is InChI=1S/C32H16N8.2C13H18N2O6.Si/c1-2-10-18-17(9-1)25-33-26(18)38-28-21-13-5-6-14-22(21)30(35-28)40-32-24-16-8-7-15-23(24)31(36-32)39-29-20-12-4-3-11-19(20)27(34-29)37-25;2*1-6-4-15(12(18)14-10(6)17)11-9-8(7(5-16)19-11)20-13(2,3)21-9;/h1-16H;2*4,7-9,11,16H,5H2,1-3H3,(H,14,17,18);/q-2;;;+4/p-2. The summed E-state index contributed by atoms with van der Waals surface area (Å²) in [4.78, 5) is 70.0. The van der Waals surface area contributed by atoms with Gasteiger partial charge in [-0.15, -0.1) is 0 Å². The molecule has 4 saturated heterocycles. The van der Waals surface area contributed by atoms with E-state index < -0.39 is 83.8 Å². The van der Waals surface area contributed by atoms with Crippen molar-refractivity contribution in [2.45, 2.75) is 102 Å². The molecule has 6 aliphatic heterocycles. The second kappa shape index (κ2) is 21.0. The molecule has 2 N–H and O–H groups in total. The fourth-order valence-electron chi connectivity index (χ4n) is 11.0. The van der Waals surface area contributed by atoms with Gasteiger partial charge in [-0.2, -0.15) is 0 Å². The molecule has 24 nitrogen and oxygen atoms in total. The number of hydrogen-bond donors (Lipinski definition) is 2. The molecule has 9 aromatic rings. The number of aliphatic hydroxyl groups excluding tert-OH is 2. The summed E-state index contributed by atoms with van der Waals surface area (Å²) in [6, 6.07) is 31.8. The summed E-state index contributed by atoms with van der Waals surface area (Å²) in [6.45, 7) is 9.64. The number of hydrogen-bond acceptors (Lipinski definition) is 20. The summed E-state index contributed by atoms with van der Waals surface area (Å²) in [6.07, 6.45) is -2.02. The van der Waals surface area contributed by atoms with Crippen molar-refractivity contribution >= 4 is 55.1 Å². The molecule has 0 aliphatic carbocycles. The quantitative estimate of drug-likeness (QED) is 0.237. The summed E-state index contributed by atoms with van der Waals surface area (Å²) >= 11 is 0. The van der Waals surface area contributed by atoms with E-state index >= 15 is 0 Å². The Morgan fingerprint density at radius 1 is 0.470 bits per heavy atom. The van der Waals surface area contributed by atoms with E-state index in [1.54, 1.807) is 41.5 Å². The smallest absolute Gasteiger partial charge is 0.858 e. The topological polar surface area (TPSA) is 317 Å². The van der Waals surface area contributed by atoms with E-state index in [0.29, 0.717) is 57.0 Å². The molecule has 8 atom stereocenters. The second-order valence-corrected chi connectivity index (χ2v) is 21.1. The third kappa shape index (κ3) is 9.83. The molecule has 11 heterocycles. The average molecular weight is 1140 g/mol. The van der Waals surface area contributed by atoms with Crippen LogP contribution in [0.4, 0.5) is 0 Å². The summed E-state index contributed by atoms with van der Waals surface area (Å²) in [5, 5.41) is 45.2. The Hall–Kier alpha value is -8.50. The van der Waals surface area contributed by atoms with Crippen molar-refractivity contribution in [3.05, 3.63) is 142 Å². The molecule has 0 radical (unpaired) electrons. The number of aryl methyl sites for hydroxylation is 2. The van der Waals surface area contributed by atoms with Crippen LogP contribution in [0.15, 0.2) is 119 Å². The Morgan fingerprint density at radius 2 is 0.759 bits per heavy atom. The Balaban J connectivity index is 0.000000134. The molecular formula is C58H50N12O12Si. The summed E-state index contributed by atoms with van der Waals surface area (Å²) in [7, 11) is 0. The number of ether oxygens (including phenoxy) is 6. The Bertz CT molecular complexity index is 3910. The first-order valence-corrected chi connectivity index (χ1v) is 26.3. The minimum atomic E-state index is -0.824. The minimum Gasteiger partial charge on any atom is -0.858 e. The van der Waals surface area contributed by atoms with Crippen molar-refractivity contribution in [1.82, 2.24) is 59.0 Å². The van der Waals surface area contributed by atoms with Crippen LogP contribution in [-0.4, -0.2) is 132 Å². The van der Waals surface area contributed by atoms with Gasteiger partial charge < -0.3 is 78.8 Å². The van der Waals surface area contributed by atoms with E-state index in [2.05, 4.69) is 9.97 Å². The predicted molar refractivity (Wildman–Crippen MR) is 295 cm³/mol. The van der Waals surface area contributed by atoms with Gasteiger partial charge in [-0.1, -0.05) is 97.1 Å². The molecule has 0 saturated carbocycles. The largest absolute Gasteiger partial charge is 4.00 e. The maximum Gasteiger partial charge on any atom is 4.00 e. The van der Waals surface area contributed by atoms with E-state index in [-0.39, 0.29) is 24.2 Å². The molecule has 418 valence electrons. The molecule has 8 bridgehead atoms. The molecule has 4 aromatic carbocycles. The molecule has 15 rings (SSSR count). The monoisotopic (exact) mass is 1130 g/mol. The van der Waals surface area contributed by atoms with E-state index in [1.165, 1.54) is 21.5 Å². The summed E-state index contributed by atoms with van der Waals surface area (Å²) in [5.41, 5.74) is 5.03. The van der Waals surface area contributed by atoms with Crippen molar-refractivity contribution in [2.75, 3.05) is 13.2 Å². The van der Waals surface area contributed by atoms with Gasteiger partial charge in [-0.05, 0) is 86.0 Å². The van der Waals surface area contributed by atoms with Gasteiger partial charge in [-0.25, -0.2) is 29.5 Å². The van der Waals surface area contributed by atoms with Gasteiger partial charge in [0.05, 0.1) is 36.5 Å². The molecule has 83 heavy (non-hydrogen) atoms. The molecule has 0 amide bonds. The van der Waals surface area contributed by atoms with Gasteiger partial charge in [-0.3, -0.25) is 9.13 Å². The number of benzene rings is 4. The van der Waals surface area contributed by atoms with Crippen LogP contribution in [0.1, 0.15) is 51.3 Å². The molecule has 5 aromatic heterocycles. The average Bonchev–Trinajstić information content (AvgIpc) is 2.61. The predicted octanol–water partition coefficient (Wildman–Crippen LogP) is 3.82. The number of fused-ring (bicyclic) bond motifs is 22. The van der Waals surface area contributed by atoms with Crippen LogP contribution in [0, 0.1) is 13.8 Å². The minimum absolute atomic E-state index is 0. The van der Waals surface area contributed by atoms with Crippen LogP contribution in [0.5, 0.6) is 11.8 Å². The van der Waals surface area contributed by atoms with Crippen LogP contribution >= 0.6 is 0 Å². The van der Waals surface area contributed by atoms with Gasteiger partial charge in [0.25, 0.3) is 0 Å². The van der Waals surface area contributed by atoms with Crippen LogP contribution in [0.2, 0.25) is 0 Å². The van der Waals surface area contributed by atoms with Gasteiger partial charge in [0, 0.05) is 57.2 Å². The zero-order chi connectivity index (χ0) is 56.9. The van der Waals surface area contributed by atoms with Crippen molar-refractivity contribution in [3.63, 3.8) is 0 Å². The van der Waals surface area contributed by atoms with Gasteiger partial charge in [0.1, 0.15) is 36.6 Å². The zero-order valence-corrected chi connectivity index (χ0v) is 46.3. The third-order valence-electron chi connectivity index (χ3n) is 14.7. The maximum atomic E-state index is 11.9. The number of aliphatic hydroxyl groups is 2. The first-order valence-electron chi connectivity index (χ1n) is 26.3.